The molecule has 1 amide bonds. The van der Waals surface area contributed by atoms with Gasteiger partial charge in [-0.2, -0.15) is 4.72 Å². The molecule has 0 aliphatic carbocycles. The molecule has 1 aromatic carbocycles. The molecule has 0 bridgehead atoms. The van der Waals surface area contributed by atoms with Crippen molar-refractivity contribution in [2.75, 3.05) is 12.3 Å². The first-order valence-electron chi connectivity index (χ1n) is 5.74. The molecule has 8 heteroatoms. The molecule has 4 N–H and O–H groups in total. The van der Waals surface area contributed by atoms with Crippen LogP contribution in [0, 0.1) is 5.82 Å². The van der Waals surface area contributed by atoms with Crippen molar-refractivity contribution in [2.24, 2.45) is 0 Å². The van der Waals surface area contributed by atoms with Crippen molar-refractivity contribution < 1.29 is 17.6 Å². The Morgan fingerprint density at radius 2 is 2.11 bits per heavy atom. The first-order chi connectivity index (χ1) is 8.88. The van der Waals surface area contributed by atoms with Gasteiger partial charge in [0.25, 0.3) is 0 Å². The number of nitrogen functional groups attached to an aromatic ring is 1. The molecule has 0 saturated carbocycles. The van der Waals surface area contributed by atoms with E-state index >= 15 is 0 Å². The van der Waals surface area contributed by atoms with Crippen LogP contribution in [0.25, 0.3) is 0 Å². The molecule has 1 aliphatic rings. The van der Waals surface area contributed by atoms with Crippen LogP contribution in [0.15, 0.2) is 23.1 Å². The summed E-state index contributed by atoms with van der Waals surface area (Å²) in [6.07, 6.45) is 1.10. The fourth-order valence-electron chi connectivity index (χ4n) is 1.88. The number of anilines is 1. The van der Waals surface area contributed by atoms with Crippen LogP contribution in [0.3, 0.4) is 0 Å². The average Bonchev–Trinajstić information content (AvgIpc) is 2.31. The zero-order valence-electron chi connectivity index (χ0n) is 10.0. The summed E-state index contributed by atoms with van der Waals surface area (Å²) in [7, 11) is -3.97. The van der Waals surface area contributed by atoms with E-state index < -0.39 is 21.9 Å². The summed E-state index contributed by atoms with van der Waals surface area (Å²) < 4.78 is 39.5. The Labute approximate surface area is 110 Å². The lowest BCUT2D eigenvalue weighted by atomic mass is 10.1. The lowest BCUT2D eigenvalue weighted by Crippen LogP contribution is -2.50. The summed E-state index contributed by atoms with van der Waals surface area (Å²) in [5.41, 5.74) is 5.41. The van der Waals surface area contributed by atoms with Gasteiger partial charge in [-0.3, -0.25) is 4.79 Å². The molecule has 1 heterocycles. The number of benzene rings is 1. The van der Waals surface area contributed by atoms with Crippen LogP contribution in [0.5, 0.6) is 0 Å². The minimum atomic E-state index is -3.97. The minimum absolute atomic E-state index is 0.00784. The van der Waals surface area contributed by atoms with Gasteiger partial charge in [0.1, 0.15) is 11.9 Å². The largest absolute Gasteiger partial charge is 0.399 e. The van der Waals surface area contributed by atoms with Crippen molar-refractivity contribution in [3.63, 3.8) is 0 Å². The van der Waals surface area contributed by atoms with E-state index in [0.29, 0.717) is 19.4 Å². The predicted molar refractivity (Wildman–Crippen MR) is 67.2 cm³/mol. The van der Waals surface area contributed by atoms with Crippen molar-refractivity contribution in [1.82, 2.24) is 10.0 Å². The van der Waals surface area contributed by atoms with Gasteiger partial charge in [0.05, 0.1) is 4.90 Å². The van der Waals surface area contributed by atoms with Crippen LogP contribution in [0.1, 0.15) is 12.8 Å². The average molecular weight is 287 g/mol. The monoisotopic (exact) mass is 287 g/mol. The minimum Gasteiger partial charge on any atom is -0.399 e. The molecule has 6 nitrogen and oxygen atoms in total. The van der Waals surface area contributed by atoms with Crippen LogP contribution in [0.2, 0.25) is 0 Å². The summed E-state index contributed by atoms with van der Waals surface area (Å²) in [6.45, 7) is 0.532. The molecule has 1 unspecified atom stereocenters. The maximum absolute atomic E-state index is 13.2. The molecule has 19 heavy (non-hydrogen) atoms. The third kappa shape index (κ3) is 3.21. The highest BCUT2D eigenvalue weighted by Gasteiger charge is 2.28. The zero-order chi connectivity index (χ0) is 14.0. The molecule has 2 rings (SSSR count). The van der Waals surface area contributed by atoms with E-state index in [-0.39, 0.29) is 16.5 Å². The normalized spacial score (nSPS) is 20.1. The van der Waals surface area contributed by atoms with E-state index in [1.54, 1.807) is 0 Å². The Morgan fingerprint density at radius 3 is 2.74 bits per heavy atom. The maximum Gasteiger partial charge on any atom is 0.241 e. The van der Waals surface area contributed by atoms with Gasteiger partial charge in [-0.15, -0.1) is 0 Å². The summed E-state index contributed by atoms with van der Waals surface area (Å²) in [6, 6.07) is 2.20. The lowest BCUT2D eigenvalue weighted by molar-refractivity contribution is -0.124. The Hall–Kier alpha value is -1.67. The lowest BCUT2D eigenvalue weighted by Gasteiger charge is -2.22. The number of hydrogen-bond donors (Lipinski definition) is 3. The Bertz CT molecular complexity index is 583. The molecule has 0 aromatic heterocycles. The fourth-order valence-corrected chi connectivity index (χ4v) is 3.17. The van der Waals surface area contributed by atoms with E-state index in [1.165, 1.54) is 0 Å². The SMILES string of the molecule is Nc1cc(F)cc(S(=O)(=O)NC2CCCNC2=O)c1. The Balaban J connectivity index is 2.24. The van der Waals surface area contributed by atoms with Gasteiger partial charge in [-0.05, 0) is 31.0 Å². The van der Waals surface area contributed by atoms with Crippen molar-refractivity contribution in [2.45, 2.75) is 23.8 Å². The highest BCUT2D eigenvalue weighted by atomic mass is 32.2. The van der Waals surface area contributed by atoms with Gasteiger partial charge >= 0.3 is 0 Å². The highest BCUT2D eigenvalue weighted by Crippen LogP contribution is 2.17. The molecule has 1 aliphatic heterocycles. The number of nitrogens with two attached hydrogens (primary N) is 1. The number of hydrogen-bond acceptors (Lipinski definition) is 4. The Kier molecular flexibility index (Phi) is 3.72. The molecule has 1 atom stereocenters. The number of piperidine rings is 1. The number of sulfonamides is 1. The smallest absolute Gasteiger partial charge is 0.241 e. The zero-order valence-corrected chi connectivity index (χ0v) is 10.8. The van der Waals surface area contributed by atoms with Crippen LogP contribution in [-0.2, 0) is 14.8 Å². The number of halogens is 1. The summed E-state index contributed by atoms with van der Waals surface area (Å²) in [5, 5.41) is 2.56. The van der Waals surface area contributed by atoms with E-state index in [1.807, 2.05) is 0 Å². The van der Waals surface area contributed by atoms with Gasteiger partial charge in [0.2, 0.25) is 15.9 Å². The Morgan fingerprint density at radius 1 is 1.37 bits per heavy atom. The van der Waals surface area contributed by atoms with E-state index in [9.17, 15) is 17.6 Å². The van der Waals surface area contributed by atoms with Gasteiger partial charge in [-0.25, -0.2) is 12.8 Å². The second-order valence-electron chi connectivity index (χ2n) is 4.33. The molecular weight excluding hydrogens is 273 g/mol. The van der Waals surface area contributed by atoms with Crippen molar-refractivity contribution in [3.05, 3.63) is 24.0 Å². The van der Waals surface area contributed by atoms with Crippen molar-refractivity contribution in [3.8, 4) is 0 Å². The van der Waals surface area contributed by atoms with E-state index in [4.69, 9.17) is 5.73 Å². The highest BCUT2D eigenvalue weighted by molar-refractivity contribution is 7.89. The third-order valence-electron chi connectivity index (χ3n) is 2.79. The standard InChI is InChI=1S/C11H14FN3O3S/c12-7-4-8(13)6-9(5-7)19(17,18)15-10-2-1-3-14-11(10)16/h4-6,10,15H,1-3,13H2,(H,14,16). The van der Waals surface area contributed by atoms with Crippen LogP contribution in [-0.4, -0.2) is 26.9 Å². The second kappa shape index (κ2) is 5.14. The second-order valence-corrected chi connectivity index (χ2v) is 6.04. The maximum atomic E-state index is 13.2. The molecule has 104 valence electrons. The molecule has 1 aromatic rings. The van der Waals surface area contributed by atoms with Crippen LogP contribution >= 0.6 is 0 Å². The first kappa shape index (κ1) is 13.8. The van der Waals surface area contributed by atoms with Gasteiger partial charge in [0.15, 0.2) is 0 Å². The first-order valence-corrected chi connectivity index (χ1v) is 7.23. The topological polar surface area (TPSA) is 101 Å². The number of carbonyl (C=O) groups excluding carboxylic acids is 1. The van der Waals surface area contributed by atoms with Crippen molar-refractivity contribution in [1.29, 1.82) is 0 Å². The fraction of sp³-hybridized carbons (Fsp3) is 0.364. The van der Waals surface area contributed by atoms with E-state index in [2.05, 4.69) is 10.0 Å². The van der Waals surface area contributed by atoms with Crippen LogP contribution in [0.4, 0.5) is 10.1 Å². The number of nitrogens with one attached hydrogen (secondary N) is 2. The quantitative estimate of drug-likeness (QED) is 0.679. The summed E-state index contributed by atoms with van der Waals surface area (Å²) >= 11 is 0. The summed E-state index contributed by atoms with van der Waals surface area (Å²) in [4.78, 5) is 11.2. The van der Waals surface area contributed by atoms with Crippen molar-refractivity contribution >= 4 is 21.6 Å². The third-order valence-corrected chi connectivity index (χ3v) is 4.24. The molecule has 0 spiro atoms. The molecule has 1 fully saturated rings. The number of carbonyl (C=O) groups is 1. The number of rotatable bonds is 3. The van der Waals surface area contributed by atoms with Gasteiger partial charge in [-0.1, -0.05) is 0 Å². The predicted octanol–water partition coefficient (Wildman–Crippen LogP) is -0.0352. The molecule has 1 saturated heterocycles. The number of amides is 1. The molecular formula is C11H14FN3O3S. The van der Waals surface area contributed by atoms with Gasteiger partial charge < -0.3 is 11.1 Å². The molecule has 0 radical (unpaired) electrons. The summed E-state index contributed by atoms with van der Waals surface area (Å²) in [5.74, 6) is -1.12. The van der Waals surface area contributed by atoms with E-state index in [0.717, 1.165) is 18.2 Å². The van der Waals surface area contributed by atoms with Gasteiger partial charge in [0, 0.05) is 12.2 Å². The van der Waals surface area contributed by atoms with Crippen LogP contribution < -0.4 is 15.8 Å².